The van der Waals surface area contributed by atoms with E-state index in [1.54, 1.807) is 7.05 Å². The monoisotopic (exact) mass is 280 g/mol. The Labute approximate surface area is 122 Å². The third-order valence-electron chi connectivity index (χ3n) is 2.95. The number of guanidine groups is 1. The second-order valence-electron chi connectivity index (χ2n) is 4.67. The quantitative estimate of drug-likeness (QED) is 0.391. The number of aromatic nitrogens is 1. The molecule has 0 spiro atoms. The highest BCUT2D eigenvalue weighted by Crippen LogP contribution is 1.89. The summed E-state index contributed by atoms with van der Waals surface area (Å²) in [6.07, 6.45) is 7.46. The van der Waals surface area contributed by atoms with Crippen LogP contribution < -0.4 is 10.6 Å². The average molecular weight is 280 g/mol. The van der Waals surface area contributed by atoms with Gasteiger partial charge in [-0.15, -0.1) is 0 Å². The van der Waals surface area contributed by atoms with E-state index in [2.05, 4.69) is 39.5 Å². The lowest BCUT2D eigenvalue weighted by Gasteiger charge is -2.12. The molecule has 2 N–H and O–H groups in total. The predicted molar refractivity (Wildman–Crippen MR) is 84.1 cm³/mol. The first-order chi connectivity index (χ1) is 9.86. The molecule has 1 rings (SSSR count). The zero-order chi connectivity index (χ0) is 14.5. The highest BCUT2D eigenvalue weighted by Gasteiger charge is 1.96. The Bertz CT molecular complexity index is 349. The van der Waals surface area contributed by atoms with Crippen molar-refractivity contribution in [3.05, 3.63) is 24.5 Å². The Balaban J connectivity index is 1.99. The van der Waals surface area contributed by atoms with Gasteiger partial charge in [0.15, 0.2) is 5.96 Å². The number of aliphatic imine (C=N–C) groups is 1. The van der Waals surface area contributed by atoms with Crippen LogP contribution in [0.3, 0.4) is 0 Å². The highest BCUT2D eigenvalue weighted by molar-refractivity contribution is 5.79. The van der Waals surface area contributed by atoms with Crippen LogP contribution in [0.4, 0.5) is 0 Å². The van der Waals surface area contributed by atoms with Gasteiger partial charge in [-0.1, -0.05) is 13.3 Å². The first kappa shape index (κ1) is 16.6. The molecule has 0 aromatic carbocycles. The Morgan fingerprint density at radius 3 is 2.50 bits per heavy atom. The molecule has 0 atom stereocenters. The molecule has 0 saturated carbocycles. The molecule has 0 fully saturated rings. The van der Waals surface area contributed by atoms with E-state index in [0.29, 0.717) is 0 Å². The van der Waals surface area contributed by atoms with Gasteiger partial charge in [-0.3, -0.25) is 4.99 Å². The van der Waals surface area contributed by atoms with Gasteiger partial charge < -0.3 is 19.9 Å². The number of hydrogen-bond donors (Lipinski definition) is 2. The molecule has 114 valence electrons. The number of nitrogens with zero attached hydrogens (tertiary/aromatic N) is 2. The van der Waals surface area contributed by atoms with Crippen molar-refractivity contribution in [2.75, 3.05) is 33.4 Å². The Hall–Kier alpha value is -1.49. The molecular weight excluding hydrogens is 252 g/mol. The number of rotatable bonds is 10. The molecule has 5 heteroatoms. The van der Waals surface area contributed by atoms with E-state index in [-0.39, 0.29) is 0 Å². The van der Waals surface area contributed by atoms with E-state index < -0.39 is 0 Å². The molecule has 0 aliphatic carbocycles. The van der Waals surface area contributed by atoms with Crippen molar-refractivity contribution in [3.63, 3.8) is 0 Å². The molecule has 0 radical (unpaired) electrons. The molecule has 20 heavy (non-hydrogen) atoms. The normalized spacial score (nSPS) is 11.6. The molecule has 1 aromatic rings. The highest BCUT2D eigenvalue weighted by atomic mass is 16.5. The van der Waals surface area contributed by atoms with Crippen LogP contribution in [0.25, 0.3) is 0 Å². The summed E-state index contributed by atoms with van der Waals surface area (Å²) < 4.78 is 7.66. The molecule has 0 aliphatic rings. The summed E-state index contributed by atoms with van der Waals surface area (Å²) in [5.41, 5.74) is 0. The number of ether oxygens (including phenoxy) is 1. The molecule has 1 heterocycles. The third-order valence-corrected chi connectivity index (χ3v) is 2.95. The Kier molecular flexibility index (Phi) is 9.40. The molecule has 0 aliphatic heterocycles. The Morgan fingerprint density at radius 1 is 1.10 bits per heavy atom. The first-order valence-electron chi connectivity index (χ1n) is 7.50. The van der Waals surface area contributed by atoms with Crippen molar-refractivity contribution < 1.29 is 4.74 Å². The molecule has 0 unspecified atom stereocenters. The van der Waals surface area contributed by atoms with E-state index in [1.807, 2.05) is 12.1 Å². The maximum absolute atomic E-state index is 5.52. The SMILES string of the molecule is CCCCOCCCNC(=NC)NCCn1cccc1. The van der Waals surface area contributed by atoms with E-state index in [4.69, 9.17) is 4.74 Å². The van der Waals surface area contributed by atoms with Crippen LogP contribution in [0.2, 0.25) is 0 Å². The zero-order valence-electron chi connectivity index (χ0n) is 12.8. The van der Waals surface area contributed by atoms with Crippen molar-refractivity contribution in [2.45, 2.75) is 32.7 Å². The van der Waals surface area contributed by atoms with Crippen molar-refractivity contribution in [2.24, 2.45) is 4.99 Å². The van der Waals surface area contributed by atoms with Gasteiger partial charge >= 0.3 is 0 Å². The van der Waals surface area contributed by atoms with Crippen LogP contribution in [-0.4, -0.2) is 43.9 Å². The maximum Gasteiger partial charge on any atom is 0.191 e. The second kappa shape index (κ2) is 11.3. The first-order valence-corrected chi connectivity index (χ1v) is 7.50. The lowest BCUT2D eigenvalue weighted by atomic mass is 10.4. The maximum atomic E-state index is 5.52. The van der Waals surface area contributed by atoms with Gasteiger partial charge in [0.1, 0.15) is 0 Å². The molecule has 5 nitrogen and oxygen atoms in total. The number of nitrogens with one attached hydrogen (secondary N) is 2. The molecule has 0 bridgehead atoms. The lowest BCUT2D eigenvalue weighted by Crippen LogP contribution is -2.39. The van der Waals surface area contributed by atoms with Gasteiger partial charge in [-0.2, -0.15) is 0 Å². The van der Waals surface area contributed by atoms with Crippen LogP contribution in [0.15, 0.2) is 29.5 Å². The van der Waals surface area contributed by atoms with Crippen LogP contribution >= 0.6 is 0 Å². The van der Waals surface area contributed by atoms with E-state index in [0.717, 1.165) is 51.6 Å². The van der Waals surface area contributed by atoms with Crippen LogP contribution in [0, 0.1) is 0 Å². The predicted octanol–water partition coefficient (Wildman–Crippen LogP) is 1.86. The number of unbranched alkanes of at least 4 members (excludes halogenated alkanes) is 1. The summed E-state index contributed by atoms with van der Waals surface area (Å²) in [4.78, 5) is 4.20. The van der Waals surface area contributed by atoms with Crippen molar-refractivity contribution >= 4 is 5.96 Å². The fourth-order valence-corrected chi connectivity index (χ4v) is 1.77. The number of hydrogen-bond acceptors (Lipinski definition) is 2. The standard InChI is InChI=1S/C15H28N4O/c1-3-4-13-20-14-7-8-17-15(16-2)18-9-12-19-10-5-6-11-19/h5-6,10-11H,3-4,7-9,12-14H2,1-2H3,(H2,16,17,18). The van der Waals surface area contributed by atoms with Crippen LogP contribution in [0.1, 0.15) is 26.2 Å². The molecule has 0 amide bonds. The summed E-state index contributed by atoms with van der Waals surface area (Å²) in [6, 6.07) is 4.07. The van der Waals surface area contributed by atoms with Crippen molar-refractivity contribution in [3.8, 4) is 0 Å². The van der Waals surface area contributed by atoms with Crippen LogP contribution in [-0.2, 0) is 11.3 Å². The smallest absolute Gasteiger partial charge is 0.191 e. The van der Waals surface area contributed by atoms with Crippen molar-refractivity contribution in [1.29, 1.82) is 0 Å². The second-order valence-corrected chi connectivity index (χ2v) is 4.67. The van der Waals surface area contributed by atoms with Gasteiger partial charge in [0, 0.05) is 52.3 Å². The van der Waals surface area contributed by atoms with E-state index in [9.17, 15) is 0 Å². The fourth-order valence-electron chi connectivity index (χ4n) is 1.77. The Morgan fingerprint density at radius 2 is 1.80 bits per heavy atom. The summed E-state index contributed by atoms with van der Waals surface area (Å²) in [5, 5.41) is 6.59. The summed E-state index contributed by atoms with van der Waals surface area (Å²) in [7, 11) is 1.79. The largest absolute Gasteiger partial charge is 0.381 e. The van der Waals surface area contributed by atoms with Crippen LogP contribution in [0.5, 0.6) is 0 Å². The van der Waals surface area contributed by atoms with Gasteiger partial charge in [0.2, 0.25) is 0 Å². The molecule has 1 aromatic heterocycles. The minimum atomic E-state index is 0.813. The summed E-state index contributed by atoms with van der Waals surface area (Å²) in [6.45, 7) is 6.55. The third kappa shape index (κ3) is 7.84. The topological polar surface area (TPSA) is 50.6 Å². The van der Waals surface area contributed by atoms with E-state index >= 15 is 0 Å². The summed E-state index contributed by atoms with van der Waals surface area (Å²) >= 11 is 0. The zero-order valence-corrected chi connectivity index (χ0v) is 12.8. The minimum absolute atomic E-state index is 0.813. The van der Waals surface area contributed by atoms with Gasteiger partial charge in [-0.05, 0) is 25.0 Å². The van der Waals surface area contributed by atoms with Gasteiger partial charge in [0.25, 0.3) is 0 Å². The van der Waals surface area contributed by atoms with Gasteiger partial charge in [-0.25, -0.2) is 0 Å². The summed E-state index contributed by atoms with van der Waals surface area (Å²) in [5.74, 6) is 0.853. The molecular formula is C15H28N4O. The van der Waals surface area contributed by atoms with Gasteiger partial charge in [0.05, 0.1) is 0 Å². The minimum Gasteiger partial charge on any atom is -0.381 e. The van der Waals surface area contributed by atoms with E-state index in [1.165, 1.54) is 6.42 Å². The van der Waals surface area contributed by atoms with Crippen molar-refractivity contribution in [1.82, 2.24) is 15.2 Å². The average Bonchev–Trinajstić information content (AvgIpc) is 2.97. The fraction of sp³-hybridized carbons (Fsp3) is 0.667. The molecule has 0 saturated heterocycles. The lowest BCUT2D eigenvalue weighted by molar-refractivity contribution is 0.129.